The summed E-state index contributed by atoms with van der Waals surface area (Å²) in [6, 6.07) is 50.4. The molecule has 7 aromatic rings. The fourth-order valence-corrected chi connectivity index (χ4v) is 9.37. The van der Waals surface area contributed by atoms with Crippen LogP contribution in [0.2, 0.25) is 0 Å². The first-order chi connectivity index (χ1) is 23.1. The summed E-state index contributed by atoms with van der Waals surface area (Å²) in [5.41, 5.74) is 10.0. The van der Waals surface area contributed by atoms with E-state index in [2.05, 4.69) is 108 Å². The van der Waals surface area contributed by atoms with Crippen LogP contribution < -0.4 is 4.90 Å². The number of allylic oxidation sites excluding steroid dienone is 1. The maximum Gasteiger partial charge on any atom is 0.197 e. The van der Waals surface area contributed by atoms with Crippen LogP contribution in [-0.2, 0) is 5.41 Å². The van der Waals surface area contributed by atoms with Gasteiger partial charge in [0.25, 0.3) is 0 Å². The Hall–Kier alpha value is -5.84. The lowest BCUT2D eigenvalue weighted by atomic mass is 9.68. The molecule has 0 radical (unpaired) electrons. The molecule has 0 amide bonds. The predicted octanol–water partition coefficient (Wildman–Crippen LogP) is 10.5. The van der Waals surface area contributed by atoms with Crippen molar-refractivity contribution in [2.75, 3.05) is 4.90 Å². The summed E-state index contributed by atoms with van der Waals surface area (Å²) in [4.78, 5) is 32.1. The van der Waals surface area contributed by atoms with Crippen LogP contribution in [0.4, 0.5) is 17.1 Å². The fourth-order valence-electron chi connectivity index (χ4n) is 8.05. The molecule has 0 saturated heterocycles. The fraction of sp³-hybridized carbons (Fsp3) is 0.0233. The zero-order valence-electron chi connectivity index (χ0n) is 25.1. The minimum Gasteiger partial charge on any atom is -0.309 e. The number of para-hydroxylation sites is 2. The summed E-state index contributed by atoms with van der Waals surface area (Å²) in [7, 11) is 0. The summed E-state index contributed by atoms with van der Waals surface area (Å²) in [5.74, 6) is -0.423. The van der Waals surface area contributed by atoms with Gasteiger partial charge in [-0.25, -0.2) is 0 Å². The molecule has 4 heteroatoms. The second-order valence-corrected chi connectivity index (χ2v) is 13.4. The molecule has 2 heterocycles. The summed E-state index contributed by atoms with van der Waals surface area (Å²) in [6.07, 6.45) is 1.83. The van der Waals surface area contributed by atoms with Gasteiger partial charge in [-0.05, 0) is 81.1 Å². The number of carbonyl (C=O) groups is 2. The van der Waals surface area contributed by atoms with Gasteiger partial charge in [-0.1, -0.05) is 109 Å². The summed E-state index contributed by atoms with van der Waals surface area (Å²) >= 11 is 1.67. The molecule has 6 aromatic carbocycles. The number of carbonyl (C=O) groups excluding carboxylic acids is 2. The van der Waals surface area contributed by atoms with E-state index in [9.17, 15) is 9.59 Å². The first-order valence-corrected chi connectivity index (χ1v) is 16.6. The average Bonchev–Trinajstić information content (AvgIpc) is 3.74. The first kappa shape index (κ1) is 26.4. The van der Waals surface area contributed by atoms with Crippen molar-refractivity contribution in [2.24, 2.45) is 0 Å². The topological polar surface area (TPSA) is 37.4 Å². The van der Waals surface area contributed by atoms with Crippen molar-refractivity contribution in [1.29, 1.82) is 0 Å². The smallest absolute Gasteiger partial charge is 0.197 e. The number of hydrogen-bond acceptors (Lipinski definition) is 4. The molecule has 0 bridgehead atoms. The highest BCUT2D eigenvalue weighted by molar-refractivity contribution is 7.14. The van der Waals surface area contributed by atoms with E-state index in [0.29, 0.717) is 11.1 Å². The van der Waals surface area contributed by atoms with E-state index >= 15 is 0 Å². The molecule has 10 rings (SSSR count). The highest BCUT2D eigenvalue weighted by Gasteiger charge is 2.52. The van der Waals surface area contributed by atoms with Crippen molar-refractivity contribution < 1.29 is 9.59 Å². The van der Waals surface area contributed by atoms with Gasteiger partial charge in [0.05, 0.1) is 22.4 Å². The van der Waals surface area contributed by atoms with Gasteiger partial charge in [0.2, 0.25) is 0 Å². The van der Waals surface area contributed by atoms with E-state index < -0.39 is 5.41 Å². The van der Waals surface area contributed by atoms with Crippen molar-refractivity contribution in [3.8, 4) is 11.1 Å². The lowest BCUT2D eigenvalue weighted by Crippen LogP contribution is -2.34. The molecular formula is C43H25NO2S. The largest absolute Gasteiger partial charge is 0.309 e. The zero-order chi connectivity index (χ0) is 31.3. The van der Waals surface area contributed by atoms with Crippen LogP contribution in [-0.4, -0.2) is 11.6 Å². The third kappa shape index (κ3) is 3.45. The number of thiophene rings is 1. The summed E-state index contributed by atoms with van der Waals surface area (Å²) in [6.45, 7) is 0. The number of ketones is 2. The van der Waals surface area contributed by atoms with Crippen LogP contribution in [0, 0.1) is 0 Å². The quantitative estimate of drug-likeness (QED) is 0.143. The molecule has 2 aliphatic carbocycles. The third-order valence-electron chi connectivity index (χ3n) is 9.98. The zero-order valence-corrected chi connectivity index (χ0v) is 25.9. The van der Waals surface area contributed by atoms with E-state index in [1.165, 1.54) is 32.7 Å². The lowest BCUT2D eigenvalue weighted by Gasteiger charge is -2.43. The number of anilines is 3. The maximum atomic E-state index is 13.8. The van der Waals surface area contributed by atoms with Gasteiger partial charge in [-0.3, -0.25) is 9.59 Å². The van der Waals surface area contributed by atoms with E-state index in [-0.39, 0.29) is 17.1 Å². The van der Waals surface area contributed by atoms with Crippen molar-refractivity contribution in [1.82, 2.24) is 0 Å². The van der Waals surface area contributed by atoms with E-state index in [1.54, 1.807) is 11.3 Å². The Morgan fingerprint density at radius 2 is 1.04 bits per heavy atom. The lowest BCUT2D eigenvalue weighted by molar-refractivity contribution is 0.0990. The normalized spacial score (nSPS) is 15.0. The molecule has 3 nitrogen and oxygen atoms in total. The molecular weight excluding hydrogens is 595 g/mol. The Morgan fingerprint density at radius 1 is 0.511 bits per heavy atom. The van der Waals surface area contributed by atoms with Gasteiger partial charge in [0.1, 0.15) is 0 Å². The first-order valence-electron chi connectivity index (χ1n) is 15.8. The number of rotatable bonds is 2. The maximum absolute atomic E-state index is 13.8. The number of nitrogens with zero attached hydrogens (tertiary/aromatic N) is 1. The molecule has 0 N–H and O–H groups in total. The Labute approximate surface area is 275 Å². The highest BCUT2D eigenvalue weighted by atomic mass is 32.1. The van der Waals surface area contributed by atoms with E-state index in [1.807, 2.05) is 48.5 Å². The summed E-state index contributed by atoms with van der Waals surface area (Å²) < 4.78 is 0. The molecule has 47 heavy (non-hydrogen) atoms. The SMILES string of the molecule is O=C1C(=Cc2cc3c(s2)C2(c4ccccc4-c4ccccc42)c2ccccc2N3c2ccccc2)C(=O)c2cc3ccccc3cc21. The minimum absolute atomic E-state index is 0.211. The molecule has 3 aliphatic rings. The van der Waals surface area contributed by atoms with Gasteiger partial charge < -0.3 is 4.90 Å². The molecule has 220 valence electrons. The molecule has 1 aliphatic heterocycles. The van der Waals surface area contributed by atoms with Crippen LogP contribution in [0.25, 0.3) is 28.0 Å². The molecule has 1 spiro atoms. The van der Waals surface area contributed by atoms with Gasteiger partial charge >= 0.3 is 0 Å². The van der Waals surface area contributed by atoms with E-state index in [0.717, 1.165) is 32.7 Å². The summed E-state index contributed by atoms with van der Waals surface area (Å²) in [5, 5.41) is 1.91. The van der Waals surface area contributed by atoms with Crippen molar-refractivity contribution in [3.63, 3.8) is 0 Å². The standard InChI is InChI=1S/C43H25NO2S/c45-40-32-22-26-12-4-5-13-27(26)23-33(32)41(46)34(40)24-29-25-39-42(47-29)43(35-18-8-6-16-30(35)31-17-7-9-19-36(31)43)37-20-10-11-21-38(37)44(39)28-14-2-1-3-15-28/h1-25H. The highest BCUT2D eigenvalue weighted by Crippen LogP contribution is 2.65. The van der Waals surface area contributed by atoms with Gasteiger partial charge in [-0.2, -0.15) is 0 Å². The number of benzene rings is 6. The van der Waals surface area contributed by atoms with Gasteiger partial charge in [-0.15, -0.1) is 11.3 Å². The Balaban J connectivity index is 1.25. The number of hydrogen-bond donors (Lipinski definition) is 0. The molecule has 0 atom stereocenters. The second-order valence-electron chi connectivity index (χ2n) is 12.4. The second kappa shape index (κ2) is 9.58. The number of fused-ring (bicyclic) bond motifs is 11. The van der Waals surface area contributed by atoms with Crippen molar-refractivity contribution >= 4 is 56.8 Å². The van der Waals surface area contributed by atoms with Crippen molar-refractivity contribution in [3.05, 3.63) is 189 Å². The Morgan fingerprint density at radius 3 is 1.68 bits per heavy atom. The Kier molecular flexibility index (Phi) is 5.38. The third-order valence-corrected chi connectivity index (χ3v) is 11.2. The van der Waals surface area contributed by atoms with Crippen LogP contribution >= 0.6 is 11.3 Å². The average molecular weight is 620 g/mol. The van der Waals surface area contributed by atoms with Gasteiger partial charge in [0, 0.05) is 26.6 Å². The van der Waals surface area contributed by atoms with Crippen molar-refractivity contribution in [2.45, 2.75) is 5.41 Å². The monoisotopic (exact) mass is 619 g/mol. The molecule has 0 fully saturated rings. The van der Waals surface area contributed by atoms with Crippen LogP contribution in [0.3, 0.4) is 0 Å². The number of Topliss-reactive ketones (excluding diaryl/α,β-unsaturated/α-hetero) is 2. The molecule has 1 aromatic heterocycles. The predicted molar refractivity (Wildman–Crippen MR) is 190 cm³/mol. The van der Waals surface area contributed by atoms with Crippen LogP contribution in [0.15, 0.2) is 151 Å². The minimum atomic E-state index is -0.559. The van der Waals surface area contributed by atoms with Crippen LogP contribution in [0.5, 0.6) is 0 Å². The Bertz CT molecular complexity index is 2420. The van der Waals surface area contributed by atoms with Gasteiger partial charge in [0.15, 0.2) is 11.6 Å². The van der Waals surface area contributed by atoms with E-state index in [4.69, 9.17) is 0 Å². The molecule has 0 unspecified atom stereocenters. The van der Waals surface area contributed by atoms with Crippen LogP contribution in [0.1, 0.15) is 47.2 Å². The molecule has 0 saturated carbocycles.